The van der Waals surface area contributed by atoms with Gasteiger partial charge in [0.2, 0.25) is 6.29 Å². The maximum absolute atomic E-state index is 9.87. The fourth-order valence-corrected chi connectivity index (χ4v) is 2.24. The summed E-state index contributed by atoms with van der Waals surface area (Å²) in [6.45, 7) is 0.320. The summed E-state index contributed by atoms with van der Waals surface area (Å²) in [4.78, 5) is 0. The summed E-state index contributed by atoms with van der Waals surface area (Å²) in [5.41, 5.74) is 4.90. The lowest BCUT2D eigenvalue weighted by molar-refractivity contribution is -0.366. The van der Waals surface area contributed by atoms with E-state index < -0.39 is 37.3 Å². The van der Waals surface area contributed by atoms with Gasteiger partial charge in [0.25, 0.3) is 0 Å². The number of hydrogen-bond acceptors (Lipinski definition) is 6. The third-order valence-electron chi connectivity index (χ3n) is 3.49. The van der Waals surface area contributed by atoms with E-state index in [0.717, 1.165) is 18.5 Å². The van der Waals surface area contributed by atoms with Gasteiger partial charge in [-0.15, -0.1) is 0 Å². The van der Waals surface area contributed by atoms with Crippen molar-refractivity contribution in [3.63, 3.8) is 0 Å². The molecule has 1 aromatic carbocycles. The summed E-state index contributed by atoms with van der Waals surface area (Å²) in [6.07, 6.45) is -5.49. The van der Waals surface area contributed by atoms with Gasteiger partial charge in [-0.2, -0.15) is 0 Å². The second-order valence-electron chi connectivity index (χ2n) is 5.06. The van der Waals surface area contributed by atoms with Crippen LogP contribution in [0.4, 0.5) is 0 Å². The quantitative estimate of drug-likeness (QED) is 0.414. The van der Waals surface area contributed by atoms with Crippen molar-refractivity contribution in [1.29, 1.82) is 0 Å². The molecule has 0 aromatic heterocycles. The van der Waals surface area contributed by atoms with Crippen LogP contribution in [0, 0.1) is 0 Å². The second-order valence-corrected chi connectivity index (χ2v) is 5.06. The van der Waals surface area contributed by atoms with E-state index in [1.807, 2.05) is 12.1 Å². The van der Waals surface area contributed by atoms with Crippen molar-refractivity contribution < 1.29 is 35.6 Å². The molecule has 2 rings (SSSR count). The van der Waals surface area contributed by atoms with Gasteiger partial charge in [0, 0.05) is 6.42 Å². The molecule has 0 bridgehead atoms. The molecular weight excluding hydrogens is 278 g/mol. The first-order chi connectivity index (χ1) is 10.1. The average molecular weight is 300 g/mol. The highest BCUT2D eigenvalue weighted by atomic mass is 16.7. The Morgan fingerprint density at radius 1 is 1.05 bits per heavy atom. The van der Waals surface area contributed by atoms with Crippen molar-refractivity contribution in [2.75, 3.05) is 13.2 Å². The van der Waals surface area contributed by atoms with E-state index in [2.05, 4.69) is 5.73 Å². The fourth-order valence-electron chi connectivity index (χ4n) is 2.24. The topological polar surface area (TPSA) is 127 Å². The molecule has 1 fully saturated rings. The number of rotatable bonds is 5. The highest BCUT2D eigenvalue weighted by molar-refractivity contribution is 5.27. The third kappa shape index (κ3) is 3.70. The van der Waals surface area contributed by atoms with Gasteiger partial charge in [0.1, 0.15) is 30.2 Å². The van der Waals surface area contributed by atoms with Gasteiger partial charge in [-0.05, 0) is 17.7 Å². The summed E-state index contributed by atoms with van der Waals surface area (Å²) in [5.74, 6) is 0.465. The van der Waals surface area contributed by atoms with Gasteiger partial charge >= 0.3 is 0 Å². The third-order valence-corrected chi connectivity index (χ3v) is 3.49. The molecular formula is C14H22NO6+. The standard InChI is InChI=1S/C14H21NO6/c15-6-5-8-1-3-9(4-2-8)20-14-13(19)12(18)11(17)10(7-16)21-14/h1-4,10-14,16-19H,5-7,15H2/p+1/t10?,11-,12?,13?,14-/m0/s1. The Labute approximate surface area is 122 Å². The van der Waals surface area contributed by atoms with E-state index in [1.165, 1.54) is 0 Å². The molecule has 1 aliphatic heterocycles. The van der Waals surface area contributed by atoms with Gasteiger partial charge in [0.05, 0.1) is 13.2 Å². The second kappa shape index (κ2) is 7.17. The zero-order valence-corrected chi connectivity index (χ0v) is 11.6. The lowest BCUT2D eigenvalue weighted by Crippen LogP contribution is -2.60. The van der Waals surface area contributed by atoms with Crippen molar-refractivity contribution in [3.8, 4) is 5.75 Å². The molecule has 1 saturated heterocycles. The first kappa shape index (κ1) is 16.2. The number of benzene rings is 1. The molecule has 1 aromatic rings. The zero-order valence-electron chi connectivity index (χ0n) is 11.6. The maximum atomic E-state index is 9.87. The molecule has 118 valence electrons. The number of quaternary nitrogens is 1. The minimum Gasteiger partial charge on any atom is -0.462 e. The van der Waals surface area contributed by atoms with Gasteiger partial charge in [-0.3, -0.25) is 0 Å². The van der Waals surface area contributed by atoms with Crippen LogP contribution in [0.5, 0.6) is 5.75 Å². The molecule has 1 aliphatic rings. The molecule has 0 amide bonds. The fraction of sp³-hybridized carbons (Fsp3) is 0.571. The predicted molar refractivity (Wildman–Crippen MR) is 72.3 cm³/mol. The van der Waals surface area contributed by atoms with Crippen LogP contribution in [0.25, 0.3) is 0 Å². The molecule has 0 saturated carbocycles. The molecule has 7 heteroatoms. The molecule has 7 N–H and O–H groups in total. The predicted octanol–water partition coefficient (Wildman–Crippen LogP) is -2.35. The van der Waals surface area contributed by atoms with Gasteiger partial charge in [-0.1, -0.05) is 12.1 Å². The molecule has 0 radical (unpaired) electrons. The Hall–Kier alpha value is -1.22. The summed E-state index contributed by atoms with van der Waals surface area (Å²) in [7, 11) is 0. The van der Waals surface area contributed by atoms with Gasteiger partial charge in [0.15, 0.2) is 0 Å². The largest absolute Gasteiger partial charge is 0.462 e. The number of ether oxygens (including phenoxy) is 2. The van der Waals surface area contributed by atoms with Crippen LogP contribution in [0.1, 0.15) is 5.56 Å². The molecule has 7 nitrogen and oxygen atoms in total. The van der Waals surface area contributed by atoms with Crippen molar-refractivity contribution in [1.82, 2.24) is 0 Å². The smallest absolute Gasteiger partial charge is 0.229 e. The summed E-state index contributed by atoms with van der Waals surface area (Å²) >= 11 is 0. The Kier molecular flexibility index (Phi) is 5.51. The Balaban J connectivity index is 2.03. The Morgan fingerprint density at radius 3 is 2.29 bits per heavy atom. The van der Waals surface area contributed by atoms with Crippen LogP contribution >= 0.6 is 0 Å². The van der Waals surface area contributed by atoms with Crippen LogP contribution < -0.4 is 10.5 Å². The van der Waals surface area contributed by atoms with Crippen LogP contribution in [0.15, 0.2) is 24.3 Å². The average Bonchev–Trinajstić information content (AvgIpc) is 2.50. The molecule has 1 heterocycles. The van der Waals surface area contributed by atoms with Gasteiger partial charge in [-0.25, -0.2) is 0 Å². The van der Waals surface area contributed by atoms with E-state index >= 15 is 0 Å². The highest BCUT2D eigenvalue weighted by Gasteiger charge is 2.44. The molecule has 0 spiro atoms. The van der Waals surface area contributed by atoms with Crippen molar-refractivity contribution in [3.05, 3.63) is 29.8 Å². The summed E-state index contributed by atoms with van der Waals surface area (Å²) < 4.78 is 10.8. The minimum atomic E-state index is -1.44. The highest BCUT2D eigenvalue weighted by Crippen LogP contribution is 2.24. The van der Waals surface area contributed by atoms with Crippen LogP contribution in [0.3, 0.4) is 0 Å². The van der Waals surface area contributed by atoms with E-state index in [4.69, 9.17) is 14.6 Å². The van der Waals surface area contributed by atoms with Gasteiger partial charge < -0.3 is 35.6 Å². The molecule has 21 heavy (non-hydrogen) atoms. The van der Waals surface area contributed by atoms with Crippen LogP contribution in [-0.4, -0.2) is 64.3 Å². The van der Waals surface area contributed by atoms with Crippen molar-refractivity contribution in [2.24, 2.45) is 0 Å². The van der Waals surface area contributed by atoms with E-state index in [0.29, 0.717) is 5.75 Å². The first-order valence-corrected chi connectivity index (χ1v) is 6.92. The first-order valence-electron chi connectivity index (χ1n) is 6.92. The van der Waals surface area contributed by atoms with E-state index in [9.17, 15) is 15.3 Å². The number of aliphatic hydroxyl groups is 4. The summed E-state index contributed by atoms with van der Waals surface area (Å²) in [5, 5.41) is 38.3. The van der Waals surface area contributed by atoms with Crippen molar-refractivity contribution in [2.45, 2.75) is 37.1 Å². The Morgan fingerprint density at radius 2 is 1.71 bits per heavy atom. The lowest BCUT2D eigenvalue weighted by Gasteiger charge is -2.39. The Bertz CT molecular complexity index is 438. The van der Waals surface area contributed by atoms with Crippen LogP contribution in [-0.2, 0) is 11.2 Å². The van der Waals surface area contributed by atoms with E-state index in [1.54, 1.807) is 12.1 Å². The minimum absolute atomic E-state index is 0.465. The zero-order chi connectivity index (χ0) is 15.4. The van der Waals surface area contributed by atoms with E-state index in [-0.39, 0.29) is 0 Å². The SMILES string of the molecule is [NH3+]CCc1ccc(O[C@H]2OC(CO)[C@H](O)C(O)C2O)cc1. The molecule has 0 aliphatic carbocycles. The normalized spacial score (nSPS) is 32.9. The number of hydrogen-bond donors (Lipinski definition) is 5. The summed E-state index contributed by atoms with van der Waals surface area (Å²) in [6, 6.07) is 7.22. The maximum Gasteiger partial charge on any atom is 0.229 e. The lowest BCUT2D eigenvalue weighted by atomic mass is 9.99. The van der Waals surface area contributed by atoms with Crippen LogP contribution in [0.2, 0.25) is 0 Å². The molecule has 3 unspecified atom stereocenters. The molecule has 5 atom stereocenters. The monoisotopic (exact) mass is 300 g/mol. The van der Waals surface area contributed by atoms with Crippen molar-refractivity contribution >= 4 is 0 Å². The number of aliphatic hydroxyl groups excluding tert-OH is 4.